The molecule has 23 heavy (non-hydrogen) atoms. The van der Waals surface area contributed by atoms with Gasteiger partial charge in [0.25, 0.3) is 0 Å². The van der Waals surface area contributed by atoms with Gasteiger partial charge in [0.2, 0.25) is 5.79 Å². The van der Waals surface area contributed by atoms with Gasteiger partial charge in [-0.2, -0.15) is 0 Å². The molecule has 0 unspecified atom stereocenters. The van der Waals surface area contributed by atoms with Crippen LogP contribution in [0.15, 0.2) is 51.1 Å². The van der Waals surface area contributed by atoms with Crippen LogP contribution in [0.2, 0.25) is 0 Å². The molecule has 2 aromatic rings. The molecular formula is C15H10Br6O2. The Balaban J connectivity index is 2.30. The highest BCUT2D eigenvalue weighted by Gasteiger charge is 2.27. The molecule has 0 aliphatic carbocycles. The lowest BCUT2D eigenvalue weighted by molar-refractivity contribution is -0.0828. The standard InChI is InChI=1S/C15H10Br6O2/c1-15(2,22-13-9(18)3-7(16)4-10(13)19)23-14-11(20)5-8(17)6-12(14)21/h3-6H,1-2H3. The van der Waals surface area contributed by atoms with Crippen molar-refractivity contribution < 1.29 is 9.47 Å². The van der Waals surface area contributed by atoms with Crippen LogP contribution in [0.3, 0.4) is 0 Å². The van der Waals surface area contributed by atoms with E-state index < -0.39 is 5.79 Å². The van der Waals surface area contributed by atoms with Crippen molar-refractivity contribution >= 4 is 95.6 Å². The first kappa shape index (κ1) is 20.2. The van der Waals surface area contributed by atoms with Gasteiger partial charge in [-0.25, -0.2) is 0 Å². The fourth-order valence-electron chi connectivity index (χ4n) is 1.77. The van der Waals surface area contributed by atoms with E-state index in [-0.39, 0.29) is 0 Å². The van der Waals surface area contributed by atoms with E-state index in [1.54, 1.807) is 0 Å². The van der Waals surface area contributed by atoms with Gasteiger partial charge in [-0.05, 0) is 88.0 Å². The zero-order chi connectivity index (χ0) is 17.4. The fraction of sp³-hybridized carbons (Fsp3) is 0.200. The van der Waals surface area contributed by atoms with Gasteiger partial charge in [-0.1, -0.05) is 31.9 Å². The third-order valence-electron chi connectivity index (χ3n) is 2.62. The minimum atomic E-state index is -0.891. The molecule has 8 heteroatoms. The maximum Gasteiger partial charge on any atom is 0.246 e. The van der Waals surface area contributed by atoms with Crippen LogP contribution in [0.4, 0.5) is 0 Å². The summed E-state index contributed by atoms with van der Waals surface area (Å²) in [7, 11) is 0. The monoisotopic (exact) mass is 696 g/mol. The summed E-state index contributed by atoms with van der Waals surface area (Å²) < 4.78 is 17.3. The van der Waals surface area contributed by atoms with Gasteiger partial charge in [0, 0.05) is 22.8 Å². The van der Waals surface area contributed by atoms with Crippen LogP contribution < -0.4 is 9.47 Å². The van der Waals surface area contributed by atoms with Gasteiger partial charge >= 0.3 is 0 Å². The highest BCUT2D eigenvalue weighted by Crippen LogP contribution is 2.41. The van der Waals surface area contributed by atoms with E-state index in [9.17, 15) is 0 Å². The summed E-state index contributed by atoms with van der Waals surface area (Å²) in [4.78, 5) is 0. The lowest BCUT2D eigenvalue weighted by Crippen LogP contribution is -2.35. The first-order chi connectivity index (χ1) is 10.6. The normalized spacial score (nSPS) is 11.5. The van der Waals surface area contributed by atoms with Gasteiger partial charge < -0.3 is 9.47 Å². The van der Waals surface area contributed by atoms with Gasteiger partial charge in [0.15, 0.2) is 11.5 Å². The maximum absolute atomic E-state index is 6.07. The quantitative estimate of drug-likeness (QED) is 0.298. The molecule has 0 aromatic heterocycles. The van der Waals surface area contributed by atoms with E-state index >= 15 is 0 Å². The Morgan fingerprint density at radius 2 is 0.870 bits per heavy atom. The molecule has 0 amide bonds. The zero-order valence-corrected chi connectivity index (χ0v) is 21.4. The highest BCUT2D eigenvalue weighted by atomic mass is 79.9. The molecule has 0 aliphatic heterocycles. The largest absolute Gasteiger partial charge is 0.451 e. The molecule has 0 radical (unpaired) electrons. The second-order valence-corrected chi connectivity index (χ2v) is 10.2. The molecular weight excluding hydrogens is 692 g/mol. The van der Waals surface area contributed by atoms with E-state index in [2.05, 4.69) is 95.6 Å². The van der Waals surface area contributed by atoms with Crippen LogP contribution >= 0.6 is 95.6 Å². The lowest BCUT2D eigenvalue weighted by Gasteiger charge is -2.29. The molecule has 0 heterocycles. The van der Waals surface area contributed by atoms with Crippen molar-refractivity contribution in [2.24, 2.45) is 0 Å². The molecule has 0 bridgehead atoms. The maximum atomic E-state index is 6.07. The van der Waals surface area contributed by atoms with Crippen LogP contribution in [0, 0.1) is 0 Å². The summed E-state index contributed by atoms with van der Waals surface area (Å²) in [5, 5.41) is 0. The van der Waals surface area contributed by atoms with Crippen molar-refractivity contribution in [1.82, 2.24) is 0 Å². The molecule has 0 fully saturated rings. The van der Waals surface area contributed by atoms with Crippen LogP contribution in [-0.4, -0.2) is 5.79 Å². The number of hydrogen-bond acceptors (Lipinski definition) is 2. The summed E-state index contributed by atoms with van der Waals surface area (Å²) in [6.45, 7) is 3.71. The van der Waals surface area contributed by atoms with Gasteiger partial charge in [0.1, 0.15) is 0 Å². The van der Waals surface area contributed by atoms with Gasteiger partial charge in [-0.3, -0.25) is 0 Å². The van der Waals surface area contributed by atoms with Crippen molar-refractivity contribution in [3.8, 4) is 11.5 Å². The van der Waals surface area contributed by atoms with Crippen molar-refractivity contribution in [2.45, 2.75) is 19.6 Å². The Bertz CT molecular complexity index is 637. The Labute approximate surface area is 185 Å². The average Bonchev–Trinajstić information content (AvgIpc) is 2.38. The lowest BCUT2D eigenvalue weighted by atomic mass is 10.3. The van der Waals surface area contributed by atoms with E-state index in [1.165, 1.54) is 0 Å². The van der Waals surface area contributed by atoms with Crippen LogP contribution in [0.5, 0.6) is 11.5 Å². The number of ether oxygens (including phenoxy) is 2. The number of benzene rings is 2. The predicted molar refractivity (Wildman–Crippen MR) is 114 cm³/mol. The smallest absolute Gasteiger partial charge is 0.246 e. The summed E-state index contributed by atoms with van der Waals surface area (Å²) in [6, 6.07) is 7.67. The number of halogens is 6. The predicted octanol–water partition coefficient (Wildman–Crippen LogP) is 8.46. The van der Waals surface area contributed by atoms with E-state index in [0.717, 1.165) is 26.8 Å². The van der Waals surface area contributed by atoms with Gasteiger partial charge in [-0.15, -0.1) is 0 Å². The summed E-state index contributed by atoms with van der Waals surface area (Å²) in [5.74, 6) is 0.447. The first-order valence-electron chi connectivity index (χ1n) is 6.26. The fourth-order valence-corrected chi connectivity index (χ4v) is 6.61. The zero-order valence-electron chi connectivity index (χ0n) is 11.9. The van der Waals surface area contributed by atoms with Crippen molar-refractivity contribution in [1.29, 1.82) is 0 Å². The second kappa shape index (κ2) is 8.08. The van der Waals surface area contributed by atoms with Crippen molar-refractivity contribution in [2.75, 3.05) is 0 Å². The van der Waals surface area contributed by atoms with Crippen molar-refractivity contribution in [3.05, 3.63) is 51.1 Å². The van der Waals surface area contributed by atoms with Crippen LogP contribution in [-0.2, 0) is 0 Å². The molecule has 0 aliphatic rings. The minimum Gasteiger partial charge on any atom is -0.451 e. The van der Waals surface area contributed by atoms with E-state index in [0.29, 0.717) is 11.5 Å². The van der Waals surface area contributed by atoms with Gasteiger partial charge in [0.05, 0.1) is 17.9 Å². The summed E-state index contributed by atoms with van der Waals surface area (Å²) in [6.07, 6.45) is 0. The second-order valence-electron chi connectivity index (χ2n) is 5.00. The SMILES string of the molecule is CC(C)(Oc1c(Br)cc(Br)cc1Br)Oc1c(Br)cc(Br)cc1Br. The molecule has 2 aromatic carbocycles. The molecule has 0 N–H and O–H groups in total. The molecule has 0 spiro atoms. The molecule has 0 saturated heterocycles. The number of rotatable bonds is 4. The summed E-state index contributed by atoms with van der Waals surface area (Å²) >= 11 is 20.9. The van der Waals surface area contributed by atoms with Crippen molar-refractivity contribution in [3.63, 3.8) is 0 Å². The van der Waals surface area contributed by atoms with E-state index in [1.807, 2.05) is 38.1 Å². The average molecular weight is 702 g/mol. The Morgan fingerprint density at radius 3 is 1.13 bits per heavy atom. The third kappa shape index (κ3) is 5.45. The minimum absolute atomic E-state index is 0.669. The highest BCUT2D eigenvalue weighted by molar-refractivity contribution is 9.12. The van der Waals surface area contributed by atoms with Crippen LogP contribution in [0.1, 0.15) is 13.8 Å². The molecule has 0 saturated carbocycles. The molecule has 0 atom stereocenters. The molecule has 124 valence electrons. The first-order valence-corrected chi connectivity index (χ1v) is 11.0. The van der Waals surface area contributed by atoms with Crippen LogP contribution in [0.25, 0.3) is 0 Å². The Kier molecular flexibility index (Phi) is 7.11. The topological polar surface area (TPSA) is 18.5 Å². The third-order valence-corrected chi connectivity index (χ3v) is 5.89. The molecule has 2 nitrogen and oxygen atoms in total. The summed E-state index contributed by atoms with van der Waals surface area (Å²) in [5.41, 5.74) is 0. The number of hydrogen-bond donors (Lipinski definition) is 0. The Morgan fingerprint density at radius 1 is 0.609 bits per heavy atom. The Hall–Kier alpha value is 0.920. The molecule has 2 rings (SSSR count). The van der Waals surface area contributed by atoms with E-state index in [4.69, 9.17) is 9.47 Å².